The van der Waals surface area contributed by atoms with Gasteiger partial charge in [0.1, 0.15) is 11.2 Å². The molecule has 0 N–H and O–H groups in total. The van der Waals surface area contributed by atoms with Gasteiger partial charge in [0.2, 0.25) is 0 Å². The summed E-state index contributed by atoms with van der Waals surface area (Å²) in [5.74, 6) is 0. The highest BCUT2D eigenvalue weighted by molar-refractivity contribution is 6.10. The fourth-order valence-corrected chi connectivity index (χ4v) is 4.15. The van der Waals surface area contributed by atoms with Gasteiger partial charge in [-0.25, -0.2) is 0 Å². The Morgan fingerprint density at radius 2 is 1.60 bits per heavy atom. The van der Waals surface area contributed by atoms with E-state index in [1.807, 2.05) is 12.3 Å². The third kappa shape index (κ3) is 3.50. The predicted molar refractivity (Wildman–Crippen MR) is 126 cm³/mol. The van der Waals surface area contributed by atoms with Gasteiger partial charge < -0.3 is 4.42 Å². The summed E-state index contributed by atoms with van der Waals surface area (Å²) < 4.78 is 6.40. The lowest BCUT2D eigenvalue weighted by Gasteiger charge is -2.18. The number of fused-ring (bicyclic) bond motifs is 3. The van der Waals surface area contributed by atoms with E-state index < -0.39 is 0 Å². The number of hydrogen-bond donors (Lipinski definition) is 0. The number of aromatic nitrogens is 1. The van der Waals surface area contributed by atoms with E-state index in [0.29, 0.717) is 0 Å². The SMILES string of the molecule is CC(C)(C)Cc1ccnc(-c2cccc3c2oc2cc(-c4ccccc4)ccc23)c1. The average molecular weight is 392 g/mol. The van der Waals surface area contributed by atoms with Crippen molar-refractivity contribution in [3.05, 3.63) is 90.6 Å². The summed E-state index contributed by atoms with van der Waals surface area (Å²) in [5, 5.41) is 2.27. The van der Waals surface area contributed by atoms with Crippen LogP contribution in [-0.2, 0) is 6.42 Å². The van der Waals surface area contributed by atoms with Crippen molar-refractivity contribution in [3.8, 4) is 22.4 Å². The molecule has 2 aromatic heterocycles. The van der Waals surface area contributed by atoms with Crippen molar-refractivity contribution in [2.45, 2.75) is 27.2 Å². The number of furan rings is 1. The third-order valence-electron chi connectivity index (χ3n) is 5.44. The molecule has 2 heterocycles. The van der Waals surface area contributed by atoms with Crippen molar-refractivity contribution in [2.75, 3.05) is 0 Å². The van der Waals surface area contributed by atoms with Crippen molar-refractivity contribution in [2.24, 2.45) is 5.41 Å². The van der Waals surface area contributed by atoms with E-state index in [1.54, 1.807) is 0 Å². The number of para-hydroxylation sites is 1. The first-order chi connectivity index (χ1) is 14.5. The maximum absolute atomic E-state index is 6.40. The smallest absolute Gasteiger partial charge is 0.144 e. The van der Waals surface area contributed by atoms with Crippen LogP contribution in [0, 0.1) is 5.41 Å². The summed E-state index contributed by atoms with van der Waals surface area (Å²) in [5.41, 5.74) is 7.70. The maximum atomic E-state index is 6.40. The lowest BCUT2D eigenvalue weighted by Crippen LogP contribution is -2.09. The van der Waals surface area contributed by atoms with E-state index in [9.17, 15) is 0 Å². The van der Waals surface area contributed by atoms with E-state index in [4.69, 9.17) is 4.42 Å². The minimum atomic E-state index is 0.234. The first kappa shape index (κ1) is 18.6. The molecule has 3 aromatic carbocycles. The summed E-state index contributed by atoms with van der Waals surface area (Å²) in [6.45, 7) is 6.78. The number of rotatable bonds is 3. The van der Waals surface area contributed by atoms with Gasteiger partial charge in [0.25, 0.3) is 0 Å². The van der Waals surface area contributed by atoms with Crippen LogP contribution in [-0.4, -0.2) is 4.98 Å². The normalized spacial score (nSPS) is 12.0. The summed E-state index contributed by atoms with van der Waals surface area (Å²) >= 11 is 0. The maximum Gasteiger partial charge on any atom is 0.144 e. The summed E-state index contributed by atoms with van der Waals surface area (Å²) in [7, 11) is 0. The lowest BCUT2D eigenvalue weighted by atomic mass is 9.88. The Morgan fingerprint density at radius 3 is 2.40 bits per heavy atom. The molecule has 0 saturated carbocycles. The Kier molecular flexibility index (Phi) is 4.43. The van der Waals surface area contributed by atoms with Crippen molar-refractivity contribution >= 4 is 21.9 Å². The largest absolute Gasteiger partial charge is 0.455 e. The molecule has 0 aliphatic rings. The molecule has 0 amide bonds. The summed E-state index contributed by atoms with van der Waals surface area (Å²) in [6.07, 6.45) is 2.92. The van der Waals surface area contributed by atoms with Gasteiger partial charge in [0, 0.05) is 22.5 Å². The molecule has 2 heteroatoms. The molecule has 148 valence electrons. The Labute approximate surface area is 177 Å². The number of pyridine rings is 1. The van der Waals surface area contributed by atoms with Crippen molar-refractivity contribution in [3.63, 3.8) is 0 Å². The first-order valence-corrected chi connectivity index (χ1v) is 10.4. The van der Waals surface area contributed by atoms with Crippen LogP contribution in [0.15, 0.2) is 89.5 Å². The van der Waals surface area contributed by atoms with Gasteiger partial charge in [0.05, 0.1) is 5.69 Å². The number of nitrogens with zero attached hydrogens (tertiary/aromatic N) is 1. The number of hydrogen-bond acceptors (Lipinski definition) is 2. The van der Waals surface area contributed by atoms with E-state index in [0.717, 1.165) is 45.2 Å². The van der Waals surface area contributed by atoms with Crippen LogP contribution in [0.2, 0.25) is 0 Å². The Morgan fingerprint density at radius 1 is 0.767 bits per heavy atom. The first-order valence-electron chi connectivity index (χ1n) is 10.4. The summed E-state index contributed by atoms with van der Waals surface area (Å²) in [6, 6.07) is 27.5. The van der Waals surface area contributed by atoms with Gasteiger partial charge in [-0.05, 0) is 58.9 Å². The van der Waals surface area contributed by atoms with Crippen molar-refractivity contribution in [1.82, 2.24) is 4.98 Å². The molecule has 0 unspecified atom stereocenters. The van der Waals surface area contributed by atoms with E-state index in [1.165, 1.54) is 11.1 Å². The Bertz CT molecular complexity index is 1340. The molecule has 0 aliphatic heterocycles. The second-order valence-electron chi connectivity index (χ2n) is 9.15. The van der Waals surface area contributed by atoms with Crippen LogP contribution >= 0.6 is 0 Å². The van der Waals surface area contributed by atoms with Crippen LogP contribution in [0.4, 0.5) is 0 Å². The molecule has 0 bridgehead atoms. The Balaban J connectivity index is 1.64. The van der Waals surface area contributed by atoms with E-state index in [2.05, 4.69) is 98.6 Å². The topological polar surface area (TPSA) is 26.0 Å². The highest BCUT2D eigenvalue weighted by atomic mass is 16.3. The van der Waals surface area contributed by atoms with Crippen molar-refractivity contribution < 1.29 is 4.42 Å². The zero-order valence-electron chi connectivity index (χ0n) is 17.6. The molecule has 0 saturated heterocycles. The van der Waals surface area contributed by atoms with Crippen LogP contribution in [0.25, 0.3) is 44.3 Å². The molecule has 2 nitrogen and oxygen atoms in total. The molecule has 0 aliphatic carbocycles. The van der Waals surface area contributed by atoms with Gasteiger partial charge in [0.15, 0.2) is 0 Å². The third-order valence-corrected chi connectivity index (χ3v) is 5.44. The van der Waals surface area contributed by atoms with Crippen molar-refractivity contribution in [1.29, 1.82) is 0 Å². The highest BCUT2D eigenvalue weighted by Crippen LogP contribution is 2.37. The van der Waals surface area contributed by atoms with Crippen LogP contribution in [0.3, 0.4) is 0 Å². The molecular formula is C28H25NO. The van der Waals surface area contributed by atoms with Gasteiger partial charge in [-0.1, -0.05) is 69.3 Å². The van der Waals surface area contributed by atoms with Crippen LogP contribution in [0.5, 0.6) is 0 Å². The molecule has 5 aromatic rings. The molecule has 0 spiro atoms. The van der Waals surface area contributed by atoms with E-state index >= 15 is 0 Å². The van der Waals surface area contributed by atoms with Gasteiger partial charge in [-0.15, -0.1) is 0 Å². The molecular weight excluding hydrogens is 366 g/mol. The molecule has 0 fully saturated rings. The van der Waals surface area contributed by atoms with Gasteiger partial charge in [-0.3, -0.25) is 4.98 Å². The fraction of sp³-hybridized carbons (Fsp3) is 0.179. The second-order valence-corrected chi connectivity index (χ2v) is 9.15. The molecule has 0 atom stereocenters. The van der Waals surface area contributed by atoms with Gasteiger partial charge >= 0.3 is 0 Å². The quantitative estimate of drug-likeness (QED) is 0.312. The van der Waals surface area contributed by atoms with Gasteiger partial charge in [-0.2, -0.15) is 0 Å². The van der Waals surface area contributed by atoms with E-state index in [-0.39, 0.29) is 5.41 Å². The number of benzene rings is 3. The minimum Gasteiger partial charge on any atom is -0.455 e. The van der Waals surface area contributed by atoms with Crippen LogP contribution in [0.1, 0.15) is 26.3 Å². The lowest BCUT2D eigenvalue weighted by molar-refractivity contribution is 0.411. The average Bonchev–Trinajstić information content (AvgIpc) is 3.11. The minimum absolute atomic E-state index is 0.234. The fourth-order valence-electron chi connectivity index (χ4n) is 4.15. The summed E-state index contributed by atoms with van der Waals surface area (Å²) in [4.78, 5) is 4.67. The highest BCUT2D eigenvalue weighted by Gasteiger charge is 2.16. The predicted octanol–water partition coefficient (Wildman–Crippen LogP) is 7.90. The monoisotopic (exact) mass is 391 g/mol. The zero-order valence-corrected chi connectivity index (χ0v) is 17.6. The zero-order chi connectivity index (χ0) is 20.7. The Hall–Kier alpha value is -3.39. The standard InChI is InChI=1S/C28H25NO/c1-28(2,3)18-19-14-15-29-25(16-19)24-11-7-10-23-22-13-12-21(17-26(22)30-27(23)24)20-8-5-4-6-9-20/h4-17H,18H2,1-3H3. The molecule has 5 rings (SSSR count). The van der Waals surface area contributed by atoms with Crippen LogP contribution < -0.4 is 0 Å². The molecule has 30 heavy (non-hydrogen) atoms. The molecule has 0 radical (unpaired) electrons. The second kappa shape index (κ2) is 7.14.